The predicted molar refractivity (Wildman–Crippen MR) is 116 cm³/mol. The van der Waals surface area contributed by atoms with Gasteiger partial charge < -0.3 is 14.8 Å². The molecule has 2 heterocycles. The topological polar surface area (TPSA) is 58.3 Å². The summed E-state index contributed by atoms with van der Waals surface area (Å²) < 4.78 is 2.03. The molecule has 25 heavy (non-hydrogen) atoms. The number of nitrogens with one attached hydrogen (secondary N) is 1. The lowest BCUT2D eigenvalue weighted by Crippen LogP contribution is -2.50. The van der Waals surface area contributed by atoms with E-state index >= 15 is 0 Å². The van der Waals surface area contributed by atoms with Gasteiger partial charge in [0.15, 0.2) is 11.8 Å². The van der Waals surface area contributed by atoms with Crippen LogP contribution in [0.4, 0.5) is 0 Å². The highest BCUT2D eigenvalue weighted by atomic mass is 127. The molecule has 8 heteroatoms. The number of aliphatic imine (C=N–C) groups is 1. The Balaban J connectivity index is 0.00000225. The van der Waals surface area contributed by atoms with E-state index in [1.807, 2.05) is 18.5 Å². The van der Waals surface area contributed by atoms with Crippen molar-refractivity contribution in [1.29, 1.82) is 0 Å². The monoisotopic (exact) mass is 478 g/mol. The van der Waals surface area contributed by atoms with Crippen molar-refractivity contribution in [3.8, 4) is 0 Å². The van der Waals surface area contributed by atoms with E-state index in [0.717, 1.165) is 30.7 Å². The van der Waals surface area contributed by atoms with Gasteiger partial charge in [-0.3, -0.25) is 0 Å². The van der Waals surface area contributed by atoms with Crippen LogP contribution in [0.25, 0.3) is 0 Å². The third kappa shape index (κ3) is 5.48. The number of aryl methyl sites for hydroxylation is 1. The summed E-state index contributed by atoms with van der Waals surface area (Å²) >= 11 is 2.10. The third-order valence-electron chi connectivity index (χ3n) is 5.14. The fraction of sp³-hybridized carbons (Fsp3) is 0.824. The molecule has 6 nitrogen and oxygen atoms in total. The van der Waals surface area contributed by atoms with Gasteiger partial charge in [-0.15, -0.1) is 34.2 Å². The maximum Gasteiger partial charge on any atom is 0.194 e. The van der Waals surface area contributed by atoms with Crippen LogP contribution in [0, 0.1) is 6.92 Å². The highest BCUT2D eigenvalue weighted by Gasteiger charge is 2.24. The van der Waals surface area contributed by atoms with E-state index in [1.54, 1.807) is 0 Å². The molecule has 2 aliphatic rings. The van der Waals surface area contributed by atoms with Gasteiger partial charge in [0.25, 0.3) is 0 Å². The predicted octanol–water partition coefficient (Wildman–Crippen LogP) is 2.96. The Hall–Kier alpha value is -0.510. The van der Waals surface area contributed by atoms with Crippen LogP contribution in [-0.4, -0.2) is 55.8 Å². The van der Waals surface area contributed by atoms with Gasteiger partial charge in [-0.2, -0.15) is 11.8 Å². The number of aromatic nitrogens is 3. The summed E-state index contributed by atoms with van der Waals surface area (Å²) in [4.78, 5) is 7.37. The van der Waals surface area contributed by atoms with Crippen LogP contribution in [-0.2, 0) is 13.6 Å². The zero-order valence-electron chi connectivity index (χ0n) is 15.6. The van der Waals surface area contributed by atoms with E-state index in [-0.39, 0.29) is 24.0 Å². The summed E-state index contributed by atoms with van der Waals surface area (Å²) in [5.74, 6) is 4.12. The minimum absolute atomic E-state index is 0. The van der Waals surface area contributed by atoms with E-state index in [0.29, 0.717) is 17.8 Å². The maximum atomic E-state index is 4.92. The van der Waals surface area contributed by atoms with Crippen LogP contribution in [0.5, 0.6) is 0 Å². The minimum Gasteiger partial charge on any atom is -0.353 e. The highest BCUT2D eigenvalue weighted by molar-refractivity contribution is 14.0. The van der Waals surface area contributed by atoms with Crippen LogP contribution < -0.4 is 5.32 Å². The molecule has 2 fully saturated rings. The average molecular weight is 478 g/mol. The van der Waals surface area contributed by atoms with Gasteiger partial charge in [0.05, 0.1) is 0 Å². The Morgan fingerprint density at radius 1 is 1.32 bits per heavy atom. The van der Waals surface area contributed by atoms with Crippen molar-refractivity contribution in [1.82, 2.24) is 25.0 Å². The molecule has 0 bridgehead atoms. The van der Waals surface area contributed by atoms with E-state index in [2.05, 4.69) is 39.1 Å². The van der Waals surface area contributed by atoms with Gasteiger partial charge >= 0.3 is 0 Å². The average Bonchev–Trinajstić information content (AvgIpc) is 3.23. The molecule has 0 amide bonds. The van der Waals surface area contributed by atoms with Crippen molar-refractivity contribution in [2.45, 2.75) is 63.8 Å². The summed E-state index contributed by atoms with van der Waals surface area (Å²) in [6.45, 7) is 7.03. The lowest BCUT2D eigenvalue weighted by atomic mass is 10.2. The SMILES string of the molecule is CCC1CN(C(=NCc2nnc(C)n2C)NC2CCCC2)CCS1.I. The van der Waals surface area contributed by atoms with E-state index in [9.17, 15) is 0 Å². The Morgan fingerprint density at radius 2 is 2.08 bits per heavy atom. The smallest absolute Gasteiger partial charge is 0.194 e. The second-order valence-electron chi connectivity index (χ2n) is 6.84. The standard InChI is InChI=1S/C17H30N6S.HI/c1-4-15-12-23(9-10-24-15)17(19-14-7-5-6-8-14)18-11-16-21-20-13(2)22(16)3;/h14-15H,4-12H2,1-3H3,(H,18,19);1H. The summed E-state index contributed by atoms with van der Waals surface area (Å²) in [6.07, 6.45) is 6.42. The largest absolute Gasteiger partial charge is 0.353 e. The first-order valence-corrected chi connectivity index (χ1v) is 10.2. The van der Waals surface area contributed by atoms with Gasteiger partial charge in [0, 0.05) is 37.2 Å². The van der Waals surface area contributed by atoms with E-state index in [4.69, 9.17) is 4.99 Å². The number of thioether (sulfide) groups is 1. The Labute approximate surface area is 172 Å². The molecule has 1 aliphatic carbocycles. The highest BCUT2D eigenvalue weighted by Crippen LogP contribution is 2.22. The number of nitrogens with zero attached hydrogens (tertiary/aromatic N) is 5. The Bertz CT molecular complexity index is 569. The first kappa shape index (κ1) is 20.8. The third-order valence-corrected chi connectivity index (χ3v) is 6.51. The van der Waals surface area contributed by atoms with Crippen molar-refractivity contribution in [2.75, 3.05) is 18.8 Å². The second-order valence-corrected chi connectivity index (χ2v) is 8.24. The van der Waals surface area contributed by atoms with Crippen molar-refractivity contribution < 1.29 is 0 Å². The summed E-state index contributed by atoms with van der Waals surface area (Å²) in [5, 5.41) is 12.8. The molecule has 1 atom stereocenters. The van der Waals surface area contributed by atoms with Crippen LogP contribution >= 0.6 is 35.7 Å². The lowest BCUT2D eigenvalue weighted by Gasteiger charge is -2.35. The van der Waals surface area contributed by atoms with Crippen molar-refractivity contribution in [3.05, 3.63) is 11.6 Å². The number of hydrogen-bond acceptors (Lipinski definition) is 4. The zero-order valence-corrected chi connectivity index (χ0v) is 18.7. The molecule has 0 spiro atoms. The van der Waals surface area contributed by atoms with Crippen LogP contribution in [0.2, 0.25) is 0 Å². The van der Waals surface area contributed by atoms with E-state index < -0.39 is 0 Å². The minimum atomic E-state index is 0. The number of rotatable bonds is 4. The first-order valence-electron chi connectivity index (χ1n) is 9.19. The van der Waals surface area contributed by atoms with Crippen molar-refractivity contribution in [2.24, 2.45) is 12.0 Å². The quantitative estimate of drug-likeness (QED) is 0.410. The molecule has 0 radical (unpaired) electrons. The number of hydrogen-bond donors (Lipinski definition) is 1. The van der Waals surface area contributed by atoms with Crippen LogP contribution in [0.15, 0.2) is 4.99 Å². The van der Waals surface area contributed by atoms with Crippen LogP contribution in [0.1, 0.15) is 50.7 Å². The fourth-order valence-corrected chi connectivity index (χ4v) is 4.56. The fourth-order valence-electron chi connectivity index (χ4n) is 3.38. The van der Waals surface area contributed by atoms with Crippen molar-refractivity contribution in [3.63, 3.8) is 0 Å². The molecule has 1 aromatic rings. The molecule has 1 unspecified atom stereocenters. The number of halogens is 1. The molecule has 1 aliphatic heterocycles. The van der Waals surface area contributed by atoms with Gasteiger partial charge in [0.2, 0.25) is 0 Å². The maximum absolute atomic E-state index is 4.92. The Kier molecular flexibility index (Phi) is 8.31. The molecule has 0 aromatic carbocycles. The molecular weight excluding hydrogens is 447 g/mol. The molecule has 142 valence electrons. The van der Waals surface area contributed by atoms with Gasteiger partial charge in [0.1, 0.15) is 12.4 Å². The molecular formula is C17H31IN6S. The molecule has 1 aromatic heterocycles. The zero-order chi connectivity index (χ0) is 16.9. The lowest BCUT2D eigenvalue weighted by molar-refractivity contribution is 0.397. The summed E-state index contributed by atoms with van der Waals surface area (Å²) in [7, 11) is 2.01. The van der Waals surface area contributed by atoms with Crippen LogP contribution in [0.3, 0.4) is 0 Å². The molecule has 1 N–H and O–H groups in total. The van der Waals surface area contributed by atoms with Crippen molar-refractivity contribution >= 4 is 41.7 Å². The normalized spacial score (nSPS) is 22.1. The molecule has 3 rings (SSSR count). The summed E-state index contributed by atoms with van der Waals surface area (Å²) in [5.41, 5.74) is 0. The van der Waals surface area contributed by atoms with Gasteiger partial charge in [-0.25, -0.2) is 4.99 Å². The summed E-state index contributed by atoms with van der Waals surface area (Å²) in [6, 6.07) is 0.583. The Morgan fingerprint density at radius 3 is 2.72 bits per heavy atom. The first-order chi connectivity index (χ1) is 11.7. The van der Waals surface area contributed by atoms with E-state index in [1.165, 1.54) is 37.9 Å². The van der Waals surface area contributed by atoms with Gasteiger partial charge in [-0.1, -0.05) is 19.8 Å². The molecule has 1 saturated heterocycles. The second kappa shape index (κ2) is 9.99. The number of guanidine groups is 1. The molecule has 1 saturated carbocycles. The van der Waals surface area contributed by atoms with Gasteiger partial charge in [-0.05, 0) is 26.2 Å².